The molecule has 0 amide bonds. The van der Waals surface area contributed by atoms with Crippen LogP contribution in [0.4, 0.5) is 0 Å². The quantitative estimate of drug-likeness (QED) is 0.622. The molecule has 3 nitrogen and oxygen atoms in total. The topological polar surface area (TPSA) is 57.5 Å². The Hall–Kier alpha value is -0.350. The average Bonchev–Trinajstić information content (AvgIpc) is 2.73. The second-order valence-electron chi connectivity index (χ2n) is 8.92. The molecule has 0 aliphatic heterocycles. The van der Waals surface area contributed by atoms with Gasteiger partial charge >= 0.3 is 0 Å². The van der Waals surface area contributed by atoms with Gasteiger partial charge in [-0.15, -0.1) is 0 Å². The minimum atomic E-state index is -0.334. The lowest BCUT2D eigenvalue weighted by Crippen LogP contribution is -2.57. The largest absolute Gasteiger partial charge is 0.513 e. The first-order valence-corrected chi connectivity index (χ1v) is 9.93. The van der Waals surface area contributed by atoms with E-state index in [-0.39, 0.29) is 27.7 Å². The zero-order valence-electron chi connectivity index (χ0n) is 14.0. The summed E-state index contributed by atoms with van der Waals surface area (Å²) >= 11 is 3.58. The number of aliphatic hydroxyl groups excluding tert-OH is 2. The molecule has 8 atom stereocenters. The van der Waals surface area contributed by atoms with E-state index in [0.29, 0.717) is 35.7 Å². The van der Waals surface area contributed by atoms with Crippen molar-refractivity contribution in [2.75, 3.05) is 0 Å². The van der Waals surface area contributed by atoms with Crippen LogP contribution in [0.1, 0.15) is 52.4 Å². The summed E-state index contributed by atoms with van der Waals surface area (Å²) in [6.07, 6.45) is 6.89. The van der Waals surface area contributed by atoms with Gasteiger partial charge in [0, 0.05) is 11.8 Å². The standard InChI is InChI=1S/C19H27BrO3/c1-18-5-3-11(21)7-10(18)8-15(22)16-12(18)4-6-19(2)13(16)9-14(20)17(19)23/h3,10,12-16,21-22H,4-9H2,1-2H3/t10-,12+,13+,14+,15+,16-,18+,19+/m1/s1. The number of halogens is 1. The Morgan fingerprint density at radius 1 is 1.26 bits per heavy atom. The van der Waals surface area contributed by atoms with E-state index in [1.165, 1.54) is 0 Å². The van der Waals surface area contributed by atoms with Gasteiger partial charge in [-0.2, -0.15) is 0 Å². The molecular weight excluding hydrogens is 356 g/mol. The molecule has 0 aromatic rings. The summed E-state index contributed by atoms with van der Waals surface area (Å²) in [7, 11) is 0. The molecule has 3 saturated carbocycles. The van der Waals surface area contributed by atoms with Crippen LogP contribution in [0.2, 0.25) is 0 Å². The summed E-state index contributed by atoms with van der Waals surface area (Å²) < 4.78 is 0. The fourth-order valence-electron chi connectivity index (χ4n) is 6.58. The molecule has 0 bridgehead atoms. The summed E-state index contributed by atoms with van der Waals surface area (Å²) in [6.45, 7) is 4.49. The van der Waals surface area contributed by atoms with Crippen molar-refractivity contribution >= 4 is 21.7 Å². The highest BCUT2D eigenvalue weighted by Crippen LogP contribution is 2.65. The van der Waals surface area contributed by atoms with Crippen molar-refractivity contribution in [1.82, 2.24) is 0 Å². The van der Waals surface area contributed by atoms with E-state index in [0.717, 1.165) is 32.1 Å². The number of aliphatic hydroxyl groups is 2. The molecule has 0 aromatic heterocycles. The van der Waals surface area contributed by atoms with Crippen LogP contribution >= 0.6 is 15.9 Å². The Kier molecular flexibility index (Phi) is 3.56. The Morgan fingerprint density at radius 2 is 2.00 bits per heavy atom. The molecule has 23 heavy (non-hydrogen) atoms. The van der Waals surface area contributed by atoms with Crippen LogP contribution in [-0.2, 0) is 4.79 Å². The first-order valence-electron chi connectivity index (χ1n) is 9.02. The Balaban J connectivity index is 1.72. The molecule has 128 valence electrons. The normalized spacial score (nSPS) is 55.7. The van der Waals surface area contributed by atoms with Gasteiger partial charge in [-0.05, 0) is 67.3 Å². The monoisotopic (exact) mass is 382 g/mol. The van der Waals surface area contributed by atoms with E-state index >= 15 is 0 Å². The third kappa shape index (κ3) is 2.06. The Labute approximate surface area is 146 Å². The van der Waals surface area contributed by atoms with Crippen LogP contribution in [0.25, 0.3) is 0 Å². The van der Waals surface area contributed by atoms with E-state index in [9.17, 15) is 15.0 Å². The first kappa shape index (κ1) is 16.1. The highest BCUT2D eigenvalue weighted by Gasteiger charge is 2.63. The lowest BCUT2D eigenvalue weighted by molar-refractivity contribution is -0.157. The Bertz CT molecular complexity index is 573. The van der Waals surface area contributed by atoms with Gasteiger partial charge in [0.05, 0.1) is 16.7 Å². The van der Waals surface area contributed by atoms with Gasteiger partial charge in [0.25, 0.3) is 0 Å². The first-order chi connectivity index (χ1) is 10.8. The van der Waals surface area contributed by atoms with Crippen LogP contribution in [-0.4, -0.2) is 26.9 Å². The number of carbonyl (C=O) groups excluding carboxylic acids is 1. The average molecular weight is 383 g/mol. The zero-order chi connectivity index (χ0) is 16.6. The predicted octanol–water partition coefficient (Wildman–Crippen LogP) is 3.99. The number of fused-ring (bicyclic) bond motifs is 5. The number of hydrogen-bond acceptors (Lipinski definition) is 3. The van der Waals surface area contributed by atoms with Crippen LogP contribution in [0.5, 0.6) is 0 Å². The number of alkyl halides is 1. The fourth-order valence-corrected chi connectivity index (χ4v) is 7.51. The van der Waals surface area contributed by atoms with Crippen molar-refractivity contribution in [3.05, 3.63) is 11.8 Å². The smallest absolute Gasteiger partial charge is 0.152 e. The second-order valence-corrected chi connectivity index (χ2v) is 10.0. The second kappa shape index (κ2) is 5.08. The molecule has 2 N–H and O–H groups in total. The van der Waals surface area contributed by atoms with E-state index in [2.05, 4.69) is 29.8 Å². The van der Waals surface area contributed by atoms with Gasteiger partial charge in [0.2, 0.25) is 0 Å². The number of ketones is 1. The lowest BCUT2D eigenvalue weighted by Gasteiger charge is -2.60. The number of allylic oxidation sites excluding steroid dienone is 2. The summed E-state index contributed by atoms with van der Waals surface area (Å²) in [5, 5.41) is 20.9. The maximum atomic E-state index is 12.7. The van der Waals surface area contributed by atoms with Gasteiger partial charge in [0.15, 0.2) is 5.78 Å². The molecule has 4 aliphatic carbocycles. The molecule has 4 heteroatoms. The van der Waals surface area contributed by atoms with Crippen molar-refractivity contribution in [2.45, 2.75) is 63.3 Å². The third-order valence-electron chi connectivity index (χ3n) is 8.01. The van der Waals surface area contributed by atoms with Gasteiger partial charge in [-0.1, -0.05) is 29.8 Å². The molecule has 0 aromatic carbocycles. The van der Waals surface area contributed by atoms with Crippen molar-refractivity contribution < 1.29 is 15.0 Å². The Morgan fingerprint density at radius 3 is 2.74 bits per heavy atom. The minimum absolute atomic E-state index is 0.0377. The number of Topliss-reactive ketones (excluding diaryl/α,β-unsaturated/α-hetero) is 1. The molecule has 0 saturated heterocycles. The summed E-state index contributed by atoms with van der Waals surface area (Å²) in [5.41, 5.74) is -0.100. The summed E-state index contributed by atoms with van der Waals surface area (Å²) in [5.74, 6) is 2.20. The van der Waals surface area contributed by atoms with Crippen LogP contribution < -0.4 is 0 Å². The van der Waals surface area contributed by atoms with Gasteiger partial charge < -0.3 is 10.2 Å². The van der Waals surface area contributed by atoms with Crippen LogP contribution in [0.15, 0.2) is 11.8 Å². The van der Waals surface area contributed by atoms with Crippen LogP contribution in [0.3, 0.4) is 0 Å². The molecule has 0 heterocycles. The molecule has 4 rings (SSSR count). The maximum Gasteiger partial charge on any atom is 0.152 e. The van der Waals surface area contributed by atoms with E-state index < -0.39 is 0 Å². The predicted molar refractivity (Wildman–Crippen MR) is 92.3 cm³/mol. The zero-order valence-corrected chi connectivity index (χ0v) is 15.6. The fraction of sp³-hybridized carbons (Fsp3) is 0.842. The van der Waals surface area contributed by atoms with Gasteiger partial charge in [0.1, 0.15) is 0 Å². The van der Waals surface area contributed by atoms with Crippen molar-refractivity contribution in [1.29, 1.82) is 0 Å². The highest BCUT2D eigenvalue weighted by atomic mass is 79.9. The van der Waals surface area contributed by atoms with Gasteiger partial charge in [-0.3, -0.25) is 4.79 Å². The highest BCUT2D eigenvalue weighted by molar-refractivity contribution is 9.10. The van der Waals surface area contributed by atoms with Crippen molar-refractivity contribution in [2.24, 2.45) is 34.5 Å². The molecular formula is C19H27BrO3. The van der Waals surface area contributed by atoms with E-state index in [4.69, 9.17) is 0 Å². The number of rotatable bonds is 0. The molecule has 4 aliphatic rings. The molecule has 0 radical (unpaired) electrons. The molecule has 0 unspecified atom stereocenters. The van der Waals surface area contributed by atoms with Crippen LogP contribution in [0, 0.1) is 34.5 Å². The third-order valence-corrected chi connectivity index (χ3v) is 8.80. The minimum Gasteiger partial charge on any atom is -0.513 e. The SMILES string of the molecule is C[C@]12CC=C(O)C[C@@H]1C[C@H](O)[C@@H]1[C@@H]2CC[C@]2(C)C(=O)[C@@H](Br)C[C@@H]12. The number of carbonyl (C=O) groups is 1. The van der Waals surface area contributed by atoms with Gasteiger partial charge in [-0.25, -0.2) is 0 Å². The van der Waals surface area contributed by atoms with E-state index in [1.807, 2.05) is 6.08 Å². The summed E-state index contributed by atoms with van der Waals surface area (Å²) in [4.78, 5) is 12.6. The number of hydrogen-bond donors (Lipinski definition) is 2. The van der Waals surface area contributed by atoms with E-state index in [1.54, 1.807) is 0 Å². The molecule has 3 fully saturated rings. The van der Waals surface area contributed by atoms with Crippen molar-refractivity contribution in [3.8, 4) is 0 Å². The maximum absolute atomic E-state index is 12.7. The lowest BCUT2D eigenvalue weighted by atomic mass is 9.45. The molecule has 0 spiro atoms. The summed E-state index contributed by atoms with van der Waals surface area (Å²) in [6, 6.07) is 0. The van der Waals surface area contributed by atoms with Crippen molar-refractivity contribution in [3.63, 3.8) is 0 Å².